The lowest BCUT2D eigenvalue weighted by Gasteiger charge is -2.09. The Kier molecular flexibility index (Phi) is 5.09. The molecule has 3 heterocycles. The van der Waals surface area contributed by atoms with Crippen LogP contribution >= 0.6 is 23.4 Å². The monoisotopic (exact) mass is 449 g/mol. The van der Waals surface area contributed by atoms with Crippen LogP contribution in [0.5, 0.6) is 0 Å². The van der Waals surface area contributed by atoms with Crippen molar-refractivity contribution in [1.29, 1.82) is 0 Å². The first-order valence-corrected chi connectivity index (χ1v) is 10.8. The molecule has 0 aliphatic heterocycles. The van der Waals surface area contributed by atoms with Crippen molar-refractivity contribution in [3.63, 3.8) is 0 Å². The van der Waals surface area contributed by atoms with E-state index >= 15 is 0 Å². The molecule has 0 saturated carbocycles. The number of nitrogens with zero attached hydrogens (tertiary/aromatic N) is 4. The molecule has 3 aromatic heterocycles. The molecule has 5 rings (SSSR count). The molecule has 2 aromatic carbocycles. The second-order valence-corrected chi connectivity index (χ2v) is 8.24. The molecule has 7 nitrogen and oxygen atoms in total. The van der Waals surface area contributed by atoms with Gasteiger partial charge in [-0.25, -0.2) is 4.98 Å². The van der Waals surface area contributed by atoms with Crippen molar-refractivity contribution in [2.24, 2.45) is 0 Å². The van der Waals surface area contributed by atoms with E-state index in [1.54, 1.807) is 18.4 Å². The first-order valence-electron chi connectivity index (χ1n) is 9.47. The van der Waals surface area contributed by atoms with Crippen molar-refractivity contribution in [2.75, 3.05) is 11.1 Å². The van der Waals surface area contributed by atoms with E-state index in [0.29, 0.717) is 33.1 Å². The molecule has 9 heteroatoms. The lowest BCUT2D eigenvalue weighted by Crippen LogP contribution is -2.14. The second kappa shape index (κ2) is 8.05. The third kappa shape index (κ3) is 3.75. The highest BCUT2D eigenvalue weighted by Crippen LogP contribution is 2.29. The molecule has 0 aliphatic carbocycles. The Labute approximate surface area is 186 Å². The van der Waals surface area contributed by atoms with Gasteiger partial charge in [0.05, 0.1) is 28.2 Å². The molecule has 0 atom stereocenters. The summed E-state index contributed by atoms with van der Waals surface area (Å²) >= 11 is 7.48. The Morgan fingerprint density at radius 3 is 2.84 bits per heavy atom. The van der Waals surface area contributed by atoms with Crippen LogP contribution in [0.25, 0.3) is 28.1 Å². The smallest absolute Gasteiger partial charge is 0.234 e. The van der Waals surface area contributed by atoms with E-state index in [9.17, 15) is 4.79 Å². The van der Waals surface area contributed by atoms with Crippen LogP contribution in [0.2, 0.25) is 5.02 Å². The van der Waals surface area contributed by atoms with Gasteiger partial charge in [0.1, 0.15) is 0 Å². The van der Waals surface area contributed by atoms with Gasteiger partial charge in [0.2, 0.25) is 5.91 Å². The number of benzene rings is 2. The van der Waals surface area contributed by atoms with Crippen LogP contribution in [0.3, 0.4) is 0 Å². The summed E-state index contributed by atoms with van der Waals surface area (Å²) in [6, 6.07) is 16.8. The van der Waals surface area contributed by atoms with E-state index in [2.05, 4.69) is 15.5 Å². The van der Waals surface area contributed by atoms with E-state index in [1.165, 1.54) is 11.8 Å². The normalized spacial score (nSPS) is 11.3. The topological polar surface area (TPSA) is 85.3 Å². The standard InChI is InChI=1S/C22H16ClN5O2S/c1-13-8-9-17(15(23)11-13)24-19(29)12-31-22-27-26-20-14-5-2-3-6-16(14)25-21(28(20)22)18-7-4-10-30-18/h2-11H,12H2,1H3,(H,24,29). The maximum Gasteiger partial charge on any atom is 0.234 e. The van der Waals surface area contributed by atoms with Gasteiger partial charge < -0.3 is 9.73 Å². The maximum absolute atomic E-state index is 12.5. The number of carbonyl (C=O) groups excluding carboxylic acids is 1. The first kappa shape index (κ1) is 19.6. The van der Waals surface area contributed by atoms with Crippen molar-refractivity contribution >= 4 is 51.5 Å². The van der Waals surface area contributed by atoms with E-state index < -0.39 is 0 Å². The van der Waals surface area contributed by atoms with Gasteiger partial charge in [0.15, 0.2) is 22.4 Å². The lowest BCUT2D eigenvalue weighted by molar-refractivity contribution is -0.113. The molecule has 5 aromatic rings. The van der Waals surface area contributed by atoms with Gasteiger partial charge in [-0.1, -0.05) is 41.6 Å². The van der Waals surface area contributed by atoms with Gasteiger partial charge in [-0.15, -0.1) is 10.2 Å². The van der Waals surface area contributed by atoms with Crippen molar-refractivity contribution < 1.29 is 9.21 Å². The molecule has 1 N–H and O–H groups in total. The maximum atomic E-state index is 12.5. The number of rotatable bonds is 5. The van der Waals surface area contributed by atoms with Crippen LogP contribution in [0.15, 0.2) is 70.4 Å². The van der Waals surface area contributed by atoms with Gasteiger partial charge in [-0.3, -0.25) is 9.20 Å². The minimum Gasteiger partial charge on any atom is -0.461 e. The Morgan fingerprint density at radius 2 is 2.03 bits per heavy atom. The Morgan fingerprint density at radius 1 is 1.16 bits per heavy atom. The average Bonchev–Trinajstić information content (AvgIpc) is 3.44. The summed E-state index contributed by atoms with van der Waals surface area (Å²) in [5.74, 6) is 1.11. The van der Waals surface area contributed by atoms with Gasteiger partial charge in [0.25, 0.3) is 0 Å². The van der Waals surface area contributed by atoms with Gasteiger partial charge in [-0.05, 0) is 48.9 Å². The molecule has 0 radical (unpaired) electrons. The number of hydrogen-bond acceptors (Lipinski definition) is 6. The van der Waals surface area contributed by atoms with Gasteiger partial charge in [0, 0.05) is 5.39 Å². The third-order valence-corrected chi connectivity index (χ3v) is 5.93. The summed E-state index contributed by atoms with van der Waals surface area (Å²) in [7, 11) is 0. The fraction of sp³-hybridized carbons (Fsp3) is 0.0909. The Hall–Kier alpha value is -3.36. The van der Waals surface area contributed by atoms with Crippen LogP contribution in [-0.4, -0.2) is 31.2 Å². The molecule has 154 valence electrons. The van der Waals surface area contributed by atoms with E-state index in [0.717, 1.165) is 16.5 Å². The van der Waals surface area contributed by atoms with Crippen molar-refractivity contribution in [1.82, 2.24) is 19.6 Å². The zero-order chi connectivity index (χ0) is 21.4. The summed E-state index contributed by atoms with van der Waals surface area (Å²) in [4.78, 5) is 17.3. The number of halogens is 1. The summed E-state index contributed by atoms with van der Waals surface area (Å²) < 4.78 is 7.40. The molecule has 0 spiro atoms. The van der Waals surface area contributed by atoms with Crippen molar-refractivity contribution in [2.45, 2.75) is 12.1 Å². The van der Waals surface area contributed by atoms with Crippen LogP contribution in [0, 0.1) is 6.92 Å². The van der Waals surface area contributed by atoms with E-state index in [4.69, 9.17) is 21.0 Å². The Balaban J connectivity index is 1.47. The summed E-state index contributed by atoms with van der Waals surface area (Å²) in [6.07, 6.45) is 1.59. The van der Waals surface area contributed by atoms with Crippen molar-refractivity contribution in [3.05, 3.63) is 71.4 Å². The predicted octanol–water partition coefficient (Wildman–Crippen LogP) is 5.23. The predicted molar refractivity (Wildman–Crippen MR) is 122 cm³/mol. The summed E-state index contributed by atoms with van der Waals surface area (Å²) in [5, 5.41) is 13.4. The zero-order valence-corrected chi connectivity index (χ0v) is 17.9. The number of aromatic nitrogens is 4. The molecule has 0 bridgehead atoms. The fourth-order valence-corrected chi connectivity index (χ4v) is 4.28. The molecular formula is C22H16ClN5O2S. The highest BCUT2D eigenvalue weighted by molar-refractivity contribution is 7.99. The zero-order valence-electron chi connectivity index (χ0n) is 16.4. The number of carbonyl (C=O) groups is 1. The lowest BCUT2D eigenvalue weighted by atomic mass is 10.2. The Bertz CT molecular complexity index is 1410. The first-order chi connectivity index (χ1) is 15.1. The third-order valence-electron chi connectivity index (χ3n) is 4.69. The van der Waals surface area contributed by atoms with Gasteiger partial charge in [-0.2, -0.15) is 0 Å². The summed E-state index contributed by atoms with van der Waals surface area (Å²) in [6.45, 7) is 1.94. The SMILES string of the molecule is Cc1ccc(NC(=O)CSc2nnc3c4ccccc4nc(-c4ccco4)n23)c(Cl)c1. The number of nitrogens with one attached hydrogen (secondary N) is 1. The molecule has 1 amide bonds. The second-order valence-electron chi connectivity index (χ2n) is 6.89. The van der Waals surface area contributed by atoms with Gasteiger partial charge >= 0.3 is 0 Å². The van der Waals surface area contributed by atoms with Crippen LogP contribution in [0.1, 0.15) is 5.56 Å². The number of aryl methyl sites for hydroxylation is 1. The van der Waals surface area contributed by atoms with Crippen molar-refractivity contribution in [3.8, 4) is 11.6 Å². The quantitative estimate of drug-likeness (QED) is 0.370. The highest BCUT2D eigenvalue weighted by atomic mass is 35.5. The van der Waals surface area contributed by atoms with E-state index in [-0.39, 0.29) is 11.7 Å². The number of hydrogen-bond donors (Lipinski definition) is 1. The molecule has 0 aliphatic rings. The number of fused-ring (bicyclic) bond motifs is 3. The number of amides is 1. The summed E-state index contributed by atoms with van der Waals surface area (Å²) in [5.41, 5.74) is 3.05. The molecule has 0 fully saturated rings. The average molecular weight is 450 g/mol. The molecule has 0 saturated heterocycles. The number of anilines is 1. The van der Waals surface area contributed by atoms with Crippen LogP contribution in [-0.2, 0) is 4.79 Å². The fourth-order valence-electron chi connectivity index (χ4n) is 3.26. The number of furan rings is 1. The van der Waals surface area contributed by atoms with E-state index in [1.807, 2.05) is 53.8 Å². The number of para-hydroxylation sites is 1. The van der Waals surface area contributed by atoms with Crippen LogP contribution in [0.4, 0.5) is 5.69 Å². The molecular weight excluding hydrogens is 434 g/mol. The largest absolute Gasteiger partial charge is 0.461 e. The van der Waals surface area contributed by atoms with Crippen LogP contribution < -0.4 is 5.32 Å². The number of thioether (sulfide) groups is 1. The minimum absolute atomic E-state index is 0.134. The molecule has 0 unspecified atom stereocenters. The molecule has 31 heavy (non-hydrogen) atoms. The highest BCUT2D eigenvalue weighted by Gasteiger charge is 2.19. The minimum atomic E-state index is -0.194.